The summed E-state index contributed by atoms with van der Waals surface area (Å²) in [5.41, 5.74) is 18.8. The van der Waals surface area contributed by atoms with Gasteiger partial charge in [0, 0.05) is 64.4 Å². The van der Waals surface area contributed by atoms with Crippen molar-refractivity contribution >= 4 is 136 Å². The predicted molar refractivity (Wildman–Crippen MR) is 441 cm³/mol. The van der Waals surface area contributed by atoms with Crippen molar-refractivity contribution in [3.8, 4) is 22.6 Å². The van der Waals surface area contributed by atoms with Crippen molar-refractivity contribution in [1.29, 1.82) is 0 Å². The van der Waals surface area contributed by atoms with Gasteiger partial charge in [0.25, 0.3) is 18.3 Å². The quantitative estimate of drug-likeness (QED) is 0.0442. The summed E-state index contributed by atoms with van der Waals surface area (Å²) in [5.74, 6) is 2.10. The molecule has 4 N–H and O–H groups in total. The molecule has 23 heteroatoms. The van der Waals surface area contributed by atoms with Crippen LogP contribution in [0.25, 0.3) is 11.1 Å². The number of fused-ring (bicyclic) bond motifs is 6. The summed E-state index contributed by atoms with van der Waals surface area (Å²) in [7, 11) is 12.1. The number of rotatable bonds is 10. The van der Waals surface area contributed by atoms with Crippen LogP contribution in [0.3, 0.4) is 0 Å². The van der Waals surface area contributed by atoms with E-state index in [-0.39, 0.29) is 209 Å². The van der Waals surface area contributed by atoms with Crippen molar-refractivity contribution in [2.45, 2.75) is 86.5 Å². The third-order valence-corrected chi connectivity index (χ3v) is 25.8. The van der Waals surface area contributed by atoms with E-state index >= 15 is 0 Å². The maximum Gasteiger partial charge on any atom is 1.00 e. The minimum atomic E-state index is -1.12. The van der Waals surface area contributed by atoms with Crippen LogP contribution in [0, 0.1) is 0 Å². The number of nitrogens with zero attached hydrogens (tertiary/aromatic N) is 4. The topological polar surface area (TPSA) is 185 Å². The number of hydrogen-bond acceptors (Lipinski definition) is 11. The van der Waals surface area contributed by atoms with Crippen LogP contribution in [0.1, 0.15) is 85.2 Å². The molecule has 4 heterocycles. The molecule has 6 unspecified atom stereocenters. The molecular formula is C87H79BrCl4Cs2N6O7P2Pd. The van der Waals surface area contributed by atoms with E-state index < -0.39 is 26.9 Å². The van der Waals surface area contributed by atoms with Crippen molar-refractivity contribution in [2.24, 2.45) is 21.5 Å². The van der Waals surface area contributed by atoms with Gasteiger partial charge in [-0.05, 0) is 168 Å². The Bertz CT molecular complexity index is 4660. The van der Waals surface area contributed by atoms with Crippen LogP contribution in [-0.4, -0.2) is 66.3 Å². The summed E-state index contributed by atoms with van der Waals surface area (Å²) in [4.78, 5) is 50.7. The standard InChI is InChI=1S/C28H25Cl2N3O2.C22H22BrN3O2.2C18H15P.CH2O3.2ClH.2Cs.Pd.H/c1-33-26(34)28(32-27(33)31)15-25(22-8-4-6-16-5-2-3-7-21(16)22)35-24-10-9-17(13-23(24)28)18-11-19(29)14-20(30)12-18;1-26-20(27)22(25-21(26)24)12-19(28-18-10-9-14(23)11-17(18)22)16-8-4-6-13-5-2-3-7-15(13)16;2*1-4-10-16(11-5-1)19(17-12-6-2-7-13-17)18-14-8-3-9-15-18;2-1-4-3;;;;;;/h2-3,5,7,9-14,22,25H,4,6,8,15H2,1H3,(H2,31,32);2-3,5,7,9-11,16,19H,4,6,8,12H2,1H3,(H2,24,25);2*1-15H;1,3H;2*1H;;;;/q;;;;;;;2*+1;+2;-1/p-3. The fourth-order valence-corrected chi connectivity index (χ4v) is 20.7. The molecule has 0 saturated heterocycles. The van der Waals surface area contributed by atoms with Gasteiger partial charge in [0.05, 0.1) is 0 Å². The SMILES string of the molecule is CN1C(=O)C2(CC(C3CCCc4ccccc43)Oc3ccc(-c4cc(Cl)cc(Cl)c4)cc32)N=C1N.CN1C(=O)C2(CC(C3CCCc4ccccc43)Oc3ccc(Br)cc32)N=C1N.O=CO[O-].[Cl][Pd][Cl].[Cs+].[Cs+].[H-].c1ccc(P(c2ccccc2)c2ccccc2)cc1.c1ccc(P(c2ccccc2)c2ccccc2)cc1. The minimum Gasteiger partial charge on any atom is -1.00 e. The first-order chi connectivity index (χ1) is 52.6. The number of carbonyl (C=O) groups is 3. The van der Waals surface area contributed by atoms with E-state index in [1.165, 1.54) is 63.9 Å². The van der Waals surface area contributed by atoms with Gasteiger partial charge in [-0.25, -0.2) is 9.98 Å². The summed E-state index contributed by atoms with van der Waals surface area (Å²) < 4.78 is 14.0. The summed E-state index contributed by atoms with van der Waals surface area (Å²) in [6.45, 7) is -0.181. The monoisotopic (exact) mass is 1970 g/mol. The number of likely N-dealkylation sites (N-methyl/N-ethyl adjacent to an activating group) is 2. The number of hydrogen-bond donors (Lipinski definition) is 2. The summed E-state index contributed by atoms with van der Waals surface area (Å²) in [5, 5.41) is 17.9. The zero-order valence-corrected chi connectivity index (χ0v) is 81.6. The Morgan fingerprint density at radius 1 is 0.500 bits per heavy atom. The van der Waals surface area contributed by atoms with Gasteiger partial charge < -0.3 is 32.5 Å². The van der Waals surface area contributed by atoms with Crippen molar-refractivity contribution < 1.29 is 189 Å². The van der Waals surface area contributed by atoms with Gasteiger partial charge in [0.15, 0.2) is 23.0 Å². The van der Waals surface area contributed by atoms with Crippen LogP contribution in [0.15, 0.2) is 300 Å². The normalized spacial score (nSPS) is 19.3. The number of aryl methyl sites for hydroxylation is 2. The van der Waals surface area contributed by atoms with E-state index in [0.717, 1.165) is 71.0 Å². The van der Waals surface area contributed by atoms with Crippen LogP contribution < -0.4 is 196 Å². The maximum atomic E-state index is 13.7. The van der Waals surface area contributed by atoms with Crippen LogP contribution in [-0.2, 0) is 59.1 Å². The Kier molecular flexibility index (Phi) is 34.0. The fourth-order valence-electron chi connectivity index (χ4n) is 15.2. The number of guanidine groups is 2. The molecule has 11 aromatic rings. The summed E-state index contributed by atoms with van der Waals surface area (Å²) in [6, 6.07) is 98.9. The second-order valence-electron chi connectivity index (χ2n) is 26.4. The molecule has 17 rings (SSSR count). The average molecular weight is 1980 g/mol. The van der Waals surface area contributed by atoms with Crippen molar-refractivity contribution in [1.82, 2.24) is 9.80 Å². The Balaban J connectivity index is 0.000000168. The second-order valence-corrected chi connectivity index (χ2v) is 35.0. The van der Waals surface area contributed by atoms with E-state index in [4.69, 9.17) is 83.2 Å². The third-order valence-electron chi connectivity index (χ3n) is 20.0. The summed E-state index contributed by atoms with van der Waals surface area (Å²) >= 11 is 15.9. The Hall–Kier alpha value is -4.40. The molecular weight excluding hydrogens is 1900 g/mol. The molecule has 0 fully saturated rings. The molecule has 0 radical (unpaired) electrons. The molecule has 556 valence electrons. The van der Waals surface area contributed by atoms with Crippen LogP contribution in [0.5, 0.6) is 11.5 Å². The van der Waals surface area contributed by atoms with Crippen molar-refractivity contribution in [2.75, 3.05) is 14.1 Å². The molecule has 6 aliphatic rings. The van der Waals surface area contributed by atoms with E-state index in [9.17, 15) is 9.59 Å². The van der Waals surface area contributed by atoms with Crippen LogP contribution in [0.4, 0.5) is 0 Å². The zero-order chi connectivity index (χ0) is 75.7. The molecule has 2 aliphatic carbocycles. The smallest absolute Gasteiger partial charge is 1.00 e. The maximum absolute atomic E-state index is 13.7. The molecule has 0 aromatic heterocycles. The van der Waals surface area contributed by atoms with Gasteiger partial charge in [-0.15, -0.1) is 0 Å². The molecule has 0 saturated carbocycles. The van der Waals surface area contributed by atoms with E-state index in [1.54, 1.807) is 20.2 Å². The van der Waals surface area contributed by atoms with E-state index in [0.29, 0.717) is 28.6 Å². The van der Waals surface area contributed by atoms with Gasteiger partial charge in [0.1, 0.15) is 23.7 Å². The molecule has 6 atom stereocenters. The molecule has 11 aromatic carbocycles. The molecule has 13 nitrogen and oxygen atoms in total. The fraction of sp³-hybridized carbons (Fsp3) is 0.184. The number of aliphatic imine (C=N–C) groups is 2. The van der Waals surface area contributed by atoms with Crippen LogP contribution >= 0.6 is 74.0 Å². The van der Waals surface area contributed by atoms with E-state index in [1.807, 2.05) is 48.5 Å². The number of benzene rings is 11. The Morgan fingerprint density at radius 3 is 1.15 bits per heavy atom. The predicted octanol–water partition coefficient (Wildman–Crippen LogP) is 10.4. The van der Waals surface area contributed by atoms with Gasteiger partial charge in [-0.1, -0.05) is 276 Å². The first-order valence-electron chi connectivity index (χ1n) is 35.2. The van der Waals surface area contributed by atoms with Gasteiger partial charge in [0.2, 0.25) is 0 Å². The average Bonchev–Trinajstić information content (AvgIpc) is 1.64. The number of amides is 2. The minimum absolute atomic E-state index is 0. The molecule has 2 spiro atoms. The number of nitrogens with two attached hydrogens (primary N) is 2. The van der Waals surface area contributed by atoms with Crippen LogP contribution in [0.2, 0.25) is 10.0 Å². The van der Waals surface area contributed by atoms with Crippen molar-refractivity contribution in [3.63, 3.8) is 0 Å². The second kappa shape index (κ2) is 42.5. The van der Waals surface area contributed by atoms with Gasteiger partial charge in [-0.2, -0.15) is 0 Å². The van der Waals surface area contributed by atoms with Gasteiger partial charge in [-0.3, -0.25) is 24.2 Å². The number of ether oxygens (including phenoxy) is 2. The largest absolute Gasteiger partial charge is 1.00 e. The third kappa shape index (κ3) is 20.9. The first kappa shape index (κ1) is 88.0. The number of carbonyl (C=O) groups excluding carboxylic acids is 3. The zero-order valence-electron chi connectivity index (χ0n) is 62.1. The van der Waals surface area contributed by atoms with E-state index in [2.05, 4.69) is 251 Å². The molecule has 0 bridgehead atoms. The molecule has 110 heavy (non-hydrogen) atoms. The van der Waals surface area contributed by atoms with Gasteiger partial charge >= 0.3 is 173 Å². The number of halogens is 5. The molecule has 2 amide bonds. The first-order valence-corrected chi connectivity index (χ1v) is 43.4. The molecule has 4 aliphatic heterocycles. The van der Waals surface area contributed by atoms with Crippen molar-refractivity contribution in [3.05, 3.63) is 333 Å². The summed E-state index contributed by atoms with van der Waals surface area (Å²) in [6.07, 6.45) is 7.06. The Labute approximate surface area is 800 Å². The Morgan fingerprint density at radius 2 is 0.818 bits per heavy atom.